The summed E-state index contributed by atoms with van der Waals surface area (Å²) in [6.45, 7) is 1.19. The van der Waals surface area contributed by atoms with Crippen LogP contribution in [0, 0.1) is 0 Å². The molecule has 1 aromatic heterocycles. The van der Waals surface area contributed by atoms with E-state index in [4.69, 9.17) is 5.73 Å². The predicted octanol–water partition coefficient (Wildman–Crippen LogP) is 1.71. The number of likely N-dealkylation sites (tertiary alicyclic amines) is 1. The lowest BCUT2D eigenvalue weighted by Crippen LogP contribution is -2.47. The van der Waals surface area contributed by atoms with Gasteiger partial charge in [-0.1, -0.05) is 6.07 Å². The fourth-order valence-corrected chi connectivity index (χ4v) is 2.81. The highest BCUT2D eigenvalue weighted by Crippen LogP contribution is 2.38. The number of nitrogens with zero attached hydrogens (tertiary/aromatic N) is 2. The molecule has 2 atom stereocenters. The fraction of sp³-hybridized carbons (Fsp3) is 0.615. The lowest BCUT2D eigenvalue weighted by Gasteiger charge is -2.39. The maximum atomic E-state index is 6.29. The highest BCUT2D eigenvalue weighted by Gasteiger charge is 2.39. The highest BCUT2D eigenvalue weighted by molar-refractivity contribution is 5.14. The Morgan fingerprint density at radius 3 is 2.81 bits per heavy atom. The second-order valence-electron chi connectivity index (χ2n) is 4.97. The number of hydrogen-bond donors (Lipinski definition) is 1. The molecule has 2 N–H and O–H groups in total. The molecule has 1 saturated heterocycles. The molecule has 2 fully saturated rings. The van der Waals surface area contributed by atoms with E-state index in [2.05, 4.69) is 22.0 Å². The van der Waals surface area contributed by atoms with Crippen LogP contribution in [0.5, 0.6) is 0 Å². The molecule has 0 radical (unpaired) electrons. The molecule has 1 saturated carbocycles. The molecule has 0 bridgehead atoms. The van der Waals surface area contributed by atoms with E-state index in [0.717, 1.165) is 18.2 Å². The van der Waals surface area contributed by atoms with Gasteiger partial charge in [-0.25, -0.2) is 0 Å². The number of piperidine rings is 1. The quantitative estimate of drug-likeness (QED) is 0.820. The number of hydrogen-bond acceptors (Lipinski definition) is 3. The van der Waals surface area contributed by atoms with Gasteiger partial charge < -0.3 is 5.73 Å². The largest absolute Gasteiger partial charge is 0.326 e. The average molecular weight is 217 g/mol. The summed E-state index contributed by atoms with van der Waals surface area (Å²) in [6, 6.07) is 7.53. The summed E-state index contributed by atoms with van der Waals surface area (Å²) in [5.41, 5.74) is 7.44. The van der Waals surface area contributed by atoms with Crippen LogP contribution in [-0.4, -0.2) is 28.5 Å². The molecule has 0 aromatic carbocycles. The topological polar surface area (TPSA) is 42.1 Å². The smallest absolute Gasteiger partial charge is 0.0676 e. The third-order valence-electron chi connectivity index (χ3n) is 3.72. The van der Waals surface area contributed by atoms with Gasteiger partial charge in [-0.15, -0.1) is 0 Å². The molecule has 1 aromatic rings. The molecule has 1 aliphatic heterocycles. The number of nitrogens with two attached hydrogens (primary N) is 1. The zero-order valence-corrected chi connectivity index (χ0v) is 9.55. The van der Waals surface area contributed by atoms with Crippen molar-refractivity contribution >= 4 is 0 Å². The predicted molar refractivity (Wildman–Crippen MR) is 63.9 cm³/mol. The average Bonchev–Trinajstić information content (AvgIpc) is 3.14. The first-order valence-corrected chi connectivity index (χ1v) is 6.28. The summed E-state index contributed by atoms with van der Waals surface area (Å²) < 4.78 is 0. The van der Waals surface area contributed by atoms with Crippen molar-refractivity contribution in [3.05, 3.63) is 30.1 Å². The zero-order chi connectivity index (χ0) is 11.0. The van der Waals surface area contributed by atoms with E-state index in [0.29, 0.717) is 6.04 Å². The van der Waals surface area contributed by atoms with Crippen molar-refractivity contribution < 1.29 is 0 Å². The third kappa shape index (κ3) is 1.85. The van der Waals surface area contributed by atoms with Crippen molar-refractivity contribution in [1.29, 1.82) is 0 Å². The zero-order valence-electron chi connectivity index (χ0n) is 9.55. The molecule has 2 unspecified atom stereocenters. The van der Waals surface area contributed by atoms with Gasteiger partial charge in [0.1, 0.15) is 0 Å². The molecule has 2 aliphatic rings. The third-order valence-corrected chi connectivity index (χ3v) is 3.72. The Morgan fingerprint density at radius 2 is 2.12 bits per heavy atom. The summed E-state index contributed by atoms with van der Waals surface area (Å²) in [7, 11) is 0. The second-order valence-corrected chi connectivity index (χ2v) is 4.97. The van der Waals surface area contributed by atoms with Crippen molar-refractivity contribution in [1.82, 2.24) is 9.88 Å². The van der Waals surface area contributed by atoms with Crippen molar-refractivity contribution in [2.75, 3.05) is 6.54 Å². The second kappa shape index (κ2) is 4.15. The fourth-order valence-electron chi connectivity index (χ4n) is 2.81. The summed E-state index contributed by atoms with van der Waals surface area (Å²) >= 11 is 0. The van der Waals surface area contributed by atoms with Crippen molar-refractivity contribution in [2.24, 2.45) is 5.73 Å². The van der Waals surface area contributed by atoms with Gasteiger partial charge >= 0.3 is 0 Å². The van der Waals surface area contributed by atoms with E-state index in [1.54, 1.807) is 0 Å². The van der Waals surface area contributed by atoms with Gasteiger partial charge in [0.15, 0.2) is 0 Å². The van der Waals surface area contributed by atoms with Gasteiger partial charge in [0.05, 0.1) is 11.7 Å². The van der Waals surface area contributed by atoms with Crippen LogP contribution in [0.2, 0.25) is 0 Å². The normalized spacial score (nSPS) is 31.6. The van der Waals surface area contributed by atoms with Crippen LogP contribution in [0.25, 0.3) is 0 Å². The van der Waals surface area contributed by atoms with E-state index in [9.17, 15) is 0 Å². The van der Waals surface area contributed by atoms with Gasteiger partial charge in [0.2, 0.25) is 0 Å². The monoisotopic (exact) mass is 217 g/mol. The lowest BCUT2D eigenvalue weighted by atomic mass is 9.94. The molecule has 0 spiro atoms. The summed E-state index contributed by atoms with van der Waals surface area (Å²) in [5.74, 6) is 0. The van der Waals surface area contributed by atoms with E-state index in [-0.39, 0.29) is 6.04 Å². The van der Waals surface area contributed by atoms with E-state index in [1.807, 2.05) is 12.3 Å². The Labute approximate surface area is 96.7 Å². The van der Waals surface area contributed by atoms with Crippen LogP contribution in [0.15, 0.2) is 24.4 Å². The Hall–Kier alpha value is -0.930. The van der Waals surface area contributed by atoms with Crippen LogP contribution in [0.3, 0.4) is 0 Å². The number of aromatic nitrogens is 1. The summed E-state index contributed by atoms with van der Waals surface area (Å²) in [6.07, 6.45) is 6.93. The molecule has 0 amide bonds. The standard InChI is InChI=1S/C13H19N3/c14-11-4-3-9-16(10-6-7-10)13(11)12-5-1-2-8-15-12/h1-2,5,8,10-11,13H,3-4,6-7,9,14H2. The minimum atomic E-state index is 0.254. The van der Waals surface area contributed by atoms with Gasteiger partial charge in [-0.2, -0.15) is 0 Å². The van der Waals surface area contributed by atoms with Crippen LogP contribution >= 0.6 is 0 Å². The van der Waals surface area contributed by atoms with Gasteiger partial charge in [0.25, 0.3) is 0 Å². The van der Waals surface area contributed by atoms with Crippen LogP contribution in [0.4, 0.5) is 0 Å². The van der Waals surface area contributed by atoms with Gasteiger partial charge in [0, 0.05) is 18.3 Å². The van der Waals surface area contributed by atoms with Crippen LogP contribution in [0.1, 0.15) is 37.4 Å². The summed E-state index contributed by atoms with van der Waals surface area (Å²) in [5, 5.41) is 0. The first kappa shape index (κ1) is 10.2. The molecule has 2 heterocycles. The molecule has 1 aliphatic carbocycles. The first-order valence-electron chi connectivity index (χ1n) is 6.28. The number of pyridine rings is 1. The molecule has 3 nitrogen and oxygen atoms in total. The van der Waals surface area contributed by atoms with E-state index in [1.165, 1.54) is 25.8 Å². The molecular formula is C13H19N3. The Kier molecular flexibility index (Phi) is 2.65. The molecular weight excluding hydrogens is 198 g/mol. The molecule has 3 heteroatoms. The van der Waals surface area contributed by atoms with Crippen LogP contribution in [-0.2, 0) is 0 Å². The van der Waals surface area contributed by atoms with E-state index < -0.39 is 0 Å². The SMILES string of the molecule is NC1CCCN(C2CC2)C1c1ccccn1. The number of rotatable bonds is 2. The Balaban J connectivity index is 1.88. The van der Waals surface area contributed by atoms with Gasteiger partial charge in [-0.3, -0.25) is 9.88 Å². The highest BCUT2D eigenvalue weighted by atomic mass is 15.2. The molecule has 3 rings (SSSR count). The Bertz CT molecular complexity index is 347. The van der Waals surface area contributed by atoms with Gasteiger partial charge in [-0.05, 0) is 44.4 Å². The molecule has 16 heavy (non-hydrogen) atoms. The first-order chi connectivity index (χ1) is 7.86. The summed E-state index contributed by atoms with van der Waals surface area (Å²) in [4.78, 5) is 7.07. The van der Waals surface area contributed by atoms with Crippen LogP contribution < -0.4 is 5.73 Å². The Morgan fingerprint density at radius 1 is 1.25 bits per heavy atom. The van der Waals surface area contributed by atoms with E-state index >= 15 is 0 Å². The maximum Gasteiger partial charge on any atom is 0.0676 e. The van der Waals surface area contributed by atoms with Crippen molar-refractivity contribution in [3.63, 3.8) is 0 Å². The maximum absolute atomic E-state index is 6.29. The molecule has 86 valence electrons. The minimum absolute atomic E-state index is 0.254. The lowest BCUT2D eigenvalue weighted by molar-refractivity contribution is 0.117. The van der Waals surface area contributed by atoms with Crippen molar-refractivity contribution in [3.8, 4) is 0 Å². The minimum Gasteiger partial charge on any atom is -0.326 e. The van der Waals surface area contributed by atoms with Crippen molar-refractivity contribution in [2.45, 2.75) is 43.8 Å².